The van der Waals surface area contributed by atoms with Gasteiger partial charge in [-0.15, -0.1) is 0 Å². The second-order valence-electron chi connectivity index (χ2n) is 13.6. The largest absolute Gasteiger partial charge is 0.490 e. The Labute approximate surface area is 273 Å². The van der Waals surface area contributed by atoms with Crippen molar-refractivity contribution in [2.45, 2.75) is 81.7 Å². The van der Waals surface area contributed by atoms with Crippen LogP contribution in [0.5, 0.6) is 5.75 Å². The number of nitrogens with one attached hydrogen (secondary N) is 1. The standard InChI is InChI=1S/C36H47ClN2O5S/c1-24(21-42-3)44-33-10-6-5-8-25(2)45(4,41)38-35(40)27-12-16-34-32(19-27)39(20-28-11-14-30(28)33)22-36(23-43-34)17-7-9-26-18-29(37)13-15-31(26)36/h6,10,12-13,15-16,18-19,24-25,28,30,33H,4-5,7-9,11,14,17,20-23H2,1-3H3,(H,38,40,41)/b10-6+/t24-,25+,28-,30+,33-,36-,45?/m0/s1. The molecule has 2 aliphatic carbocycles. The van der Waals surface area contributed by atoms with Crippen molar-refractivity contribution in [1.29, 1.82) is 0 Å². The maximum atomic E-state index is 13.6. The zero-order valence-corrected chi connectivity index (χ0v) is 28.3. The third-order valence-corrected chi connectivity index (χ3v) is 12.7. The number of anilines is 1. The highest BCUT2D eigenvalue weighted by Gasteiger charge is 2.44. The van der Waals surface area contributed by atoms with Gasteiger partial charge in [-0.3, -0.25) is 9.52 Å². The normalized spacial score (nSPS) is 33.1. The molecule has 2 aliphatic heterocycles. The van der Waals surface area contributed by atoms with Gasteiger partial charge in [-0.2, -0.15) is 0 Å². The summed E-state index contributed by atoms with van der Waals surface area (Å²) in [5.74, 6) is 5.13. The number of methoxy groups -OCH3 is 1. The molecule has 1 amide bonds. The minimum atomic E-state index is -2.87. The zero-order valence-electron chi connectivity index (χ0n) is 26.8. The number of hydrogen-bond acceptors (Lipinski definition) is 6. The second-order valence-corrected chi connectivity index (χ2v) is 16.5. The topological polar surface area (TPSA) is 77.1 Å². The number of halogens is 1. The molecule has 2 aromatic carbocycles. The summed E-state index contributed by atoms with van der Waals surface area (Å²) in [6, 6.07) is 11.9. The lowest BCUT2D eigenvalue weighted by Gasteiger charge is -2.46. The van der Waals surface area contributed by atoms with E-state index in [-0.39, 0.29) is 28.8 Å². The Balaban J connectivity index is 1.41. The molecule has 6 rings (SSSR count). The van der Waals surface area contributed by atoms with Crippen molar-refractivity contribution >= 4 is 38.8 Å². The van der Waals surface area contributed by atoms with E-state index in [0.29, 0.717) is 37.0 Å². The fourth-order valence-corrected chi connectivity index (χ4v) is 9.04. The molecular formula is C36H47ClN2O5S. The van der Waals surface area contributed by atoms with Gasteiger partial charge in [0.2, 0.25) is 0 Å². The first-order chi connectivity index (χ1) is 21.6. The molecule has 9 heteroatoms. The number of nitrogens with zero attached hydrogens (tertiary/aromatic N) is 1. The Kier molecular flexibility index (Phi) is 9.58. The van der Waals surface area contributed by atoms with Crippen molar-refractivity contribution in [2.75, 3.05) is 38.3 Å². The van der Waals surface area contributed by atoms with E-state index in [2.05, 4.69) is 46.7 Å². The average Bonchev–Trinajstić information content (AvgIpc) is 3.13. The Morgan fingerprint density at radius 2 is 2.07 bits per heavy atom. The summed E-state index contributed by atoms with van der Waals surface area (Å²) in [4.78, 5) is 16.0. The molecule has 0 aromatic heterocycles. The first kappa shape index (κ1) is 32.4. The Morgan fingerprint density at radius 3 is 2.84 bits per heavy atom. The molecule has 7 nitrogen and oxygen atoms in total. The van der Waals surface area contributed by atoms with Gasteiger partial charge in [0.1, 0.15) is 5.75 Å². The van der Waals surface area contributed by atoms with E-state index in [1.54, 1.807) is 13.2 Å². The number of ether oxygens (including phenoxy) is 3. The van der Waals surface area contributed by atoms with Gasteiger partial charge >= 0.3 is 0 Å². The van der Waals surface area contributed by atoms with Crippen LogP contribution in [0.1, 0.15) is 73.9 Å². The summed E-state index contributed by atoms with van der Waals surface area (Å²) < 4.78 is 35.0. The zero-order chi connectivity index (χ0) is 31.8. The molecule has 1 saturated carbocycles. The van der Waals surface area contributed by atoms with Gasteiger partial charge < -0.3 is 19.1 Å². The van der Waals surface area contributed by atoms with E-state index in [4.69, 9.17) is 25.8 Å². The van der Waals surface area contributed by atoms with E-state index in [1.807, 2.05) is 25.1 Å². The minimum absolute atomic E-state index is 0.0343. The summed E-state index contributed by atoms with van der Waals surface area (Å²) in [5.41, 5.74) is 3.76. The molecule has 1 fully saturated rings. The van der Waals surface area contributed by atoms with Crippen molar-refractivity contribution in [3.63, 3.8) is 0 Å². The van der Waals surface area contributed by atoms with Crippen LogP contribution >= 0.6 is 11.6 Å². The summed E-state index contributed by atoms with van der Waals surface area (Å²) in [5, 5.41) is 0.474. The van der Waals surface area contributed by atoms with Gasteiger partial charge in [0.05, 0.1) is 40.8 Å². The predicted molar refractivity (Wildman–Crippen MR) is 183 cm³/mol. The highest BCUT2D eigenvalue weighted by Crippen LogP contribution is 2.47. The van der Waals surface area contributed by atoms with Gasteiger partial charge in [0.15, 0.2) is 0 Å². The van der Waals surface area contributed by atoms with E-state index in [0.717, 1.165) is 68.1 Å². The van der Waals surface area contributed by atoms with Crippen LogP contribution in [-0.4, -0.2) is 66.9 Å². The van der Waals surface area contributed by atoms with Crippen LogP contribution in [0.4, 0.5) is 5.69 Å². The molecule has 0 saturated heterocycles. The molecule has 0 radical (unpaired) electrons. The lowest BCUT2D eigenvalue weighted by Crippen LogP contribution is -2.50. The minimum Gasteiger partial charge on any atom is -0.490 e. The van der Waals surface area contributed by atoms with Crippen LogP contribution in [0.25, 0.3) is 0 Å². The van der Waals surface area contributed by atoms with E-state index < -0.39 is 9.71 Å². The summed E-state index contributed by atoms with van der Waals surface area (Å²) in [7, 11) is -1.17. The summed E-state index contributed by atoms with van der Waals surface area (Å²) in [6.45, 7) is 6.64. The molecule has 2 aromatic rings. The highest BCUT2D eigenvalue weighted by molar-refractivity contribution is 7.99. The Morgan fingerprint density at radius 1 is 1.22 bits per heavy atom. The SMILES string of the molecule is C=S1(=O)NC(=O)c2ccc3c(c2)N(C[C@@H]2CC[C@H]2[C@@H](O[C@@H](C)COC)/C=C/CC[C@H]1C)C[C@@]1(CCCc2cc(Cl)ccc21)CO3. The molecule has 2 bridgehead atoms. The Hall–Kier alpha value is -2.52. The fraction of sp³-hybridized carbons (Fsp3) is 0.556. The van der Waals surface area contributed by atoms with Crippen LogP contribution in [0, 0.1) is 11.8 Å². The van der Waals surface area contributed by atoms with Crippen molar-refractivity contribution in [3.05, 3.63) is 70.3 Å². The quantitative estimate of drug-likeness (QED) is 0.306. The average molecular weight is 655 g/mol. The molecule has 1 unspecified atom stereocenters. The highest BCUT2D eigenvalue weighted by atomic mass is 35.5. The van der Waals surface area contributed by atoms with Crippen molar-refractivity contribution in [2.24, 2.45) is 11.8 Å². The van der Waals surface area contributed by atoms with Crippen LogP contribution < -0.4 is 14.4 Å². The van der Waals surface area contributed by atoms with E-state index in [9.17, 15) is 9.00 Å². The predicted octanol–water partition coefficient (Wildman–Crippen LogP) is 6.36. The molecular weight excluding hydrogens is 608 g/mol. The molecule has 45 heavy (non-hydrogen) atoms. The number of fused-ring (bicyclic) bond motifs is 4. The molecule has 244 valence electrons. The number of allylic oxidation sites excluding steroid dienone is 1. The number of amides is 1. The van der Waals surface area contributed by atoms with Crippen molar-refractivity contribution in [1.82, 2.24) is 4.72 Å². The first-order valence-corrected chi connectivity index (χ1v) is 18.6. The maximum Gasteiger partial charge on any atom is 0.262 e. The number of carbonyl (C=O) groups is 1. The maximum absolute atomic E-state index is 13.6. The third-order valence-electron chi connectivity index (χ3n) is 10.4. The first-order valence-electron chi connectivity index (χ1n) is 16.4. The fourth-order valence-electron chi connectivity index (χ4n) is 7.69. The monoisotopic (exact) mass is 654 g/mol. The van der Waals surface area contributed by atoms with E-state index in [1.165, 1.54) is 11.1 Å². The molecule has 7 atom stereocenters. The van der Waals surface area contributed by atoms with Crippen molar-refractivity contribution < 1.29 is 23.2 Å². The van der Waals surface area contributed by atoms with E-state index >= 15 is 0 Å². The number of benzene rings is 2. The molecule has 1 spiro atoms. The van der Waals surface area contributed by atoms with Crippen LogP contribution in [0.2, 0.25) is 5.02 Å². The second kappa shape index (κ2) is 13.3. The van der Waals surface area contributed by atoms with Crippen molar-refractivity contribution in [3.8, 4) is 5.75 Å². The number of carbonyl (C=O) groups excluding carboxylic acids is 1. The van der Waals surface area contributed by atoms with Crippen LogP contribution in [-0.2, 0) is 31.0 Å². The number of aryl methyl sites for hydroxylation is 1. The van der Waals surface area contributed by atoms with Gasteiger partial charge in [-0.25, -0.2) is 4.21 Å². The van der Waals surface area contributed by atoms with Crippen LogP contribution in [0.3, 0.4) is 0 Å². The third kappa shape index (κ3) is 6.80. The number of hydrogen-bond donors (Lipinski definition) is 1. The Bertz CT molecular complexity index is 1540. The van der Waals surface area contributed by atoms with Crippen LogP contribution in [0.15, 0.2) is 48.6 Å². The molecule has 2 heterocycles. The van der Waals surface area contributed by atoms with Gasteiger partial charge in [-0.05, 0) is 118 Å². The lowest BCUT2D eigenvalue weighted by molar-refractivity contribution is -0.0716. The lowest BCUT2D eigenvalue weighted by atomic mass is 9.68. The summed E-state index contributed by atoms with van der Waals surface area (Å²) in [6.07, 6.45) is 10.9. The number of rotatable bonds is 4. The summed E-state index contributed by atoms with van der Waals surface area (Å²) >= 11 is 6.45. The van der Waals surface area contributed by atoms with Gasteiger partial charge in [0.25, 0.3) is 5.91 Å². The molecule has 4 aliphatic rings. The molecule has 1 N–H and O–H groups in total. The van der Waals surface area contributed by atoms with Gasteiger partial charge in [0, 0.05) is 41.5 Å². The smallest absolute Gasteiger partial charge is 0.262 e. The van der Waals surface area contributed by atoms with Gasteiger partial charge in [-0.1, -0.05) is 29.8 Å².